The summed E-state index contributed by atoms with van der Waals surface area (Å²) in [6.07, 6.45) is 1.61. The predicted octanol–water partition coefficient (Wildman–Crippen LogP) is 7.97. The van der Waals surface area contributed by atoms with Gasteiger partial charge in [-0.05, 0) is 40.3 Å². The normalized spacial score (nSPS) is 14.1. The van der Waals surface area contributed by atoms with Crippen LogP contribution in [0.1, 0.15) is 47.9 Å². The van der Waals surface area contributed by atoms with Crippen molar-refractivity contribution >= 4 is 16.6 Å². The molecule has 1 aliphatic rings. The molecule has 7 aromatic rings. The van der Waals surface area contributed by atoms with Crippen LogP contribution in [0.4, 0.5) is 0 Å². The van der Waals surface area contributed by atoms with E-state index in [2.05, 4.69) is 67.4 Å². The standard InChI is InChI=1S/C36H26N4O3/c1-21(2)22-12-16-25(17-13-22)29-30-32(27-10-6-7-11-28(27)42-36(30)41)43-35-31(29)34-38-33(39-40(34)20-37-35)26-18-14-24(15-19-26)23-8-4-3-5-9-23/h3-21,29H,1-2H3. The van der Waals surface area contributed by atoms with Crippen molar-refractivity contribution in [2.24, 2.45) is 0 Å². The molecular formula is C36H26N4O3. The fraction of sp³-hybridized carbons (Fsp3) is 0.111. The zero-order chi connectivity index (χ0) is 29.1. The van der Waals surface area contributed by atoms with E-state index in [0.29, 0.717) is 51.1 Å². The van der Waals surface area contributed by atoms with Crippen LogP contribution in [0.2, 0.25) is 0 Å². The van der Waals surface area contributed by atoms with E-state index in [9.17, 15) is 4.79 Å². The average Bonchev–Trinajstić information content (AvgIpc) is 3.49. The van der Waals surface area contributed by atoms with Gasteiger partial charge < -0.3 is 9.15 Å². The second-order valence-electron chi connectivity index (χ2n) is 11.1. The van der Waals surface area contributed by atoms with Gasteiger partial charge >= 0.3 is 5.63 Å². The number of aromatic nitrogens is 4. The first-order valence-corrected chi connectivity index (χ1v) is 14.3. The van der Waals surface area contributed by atoms with E-state index in [1.807, 2.05) is 48.5 Å². The Morgan fingerprint density at radius 3 is 2.23 bits per heavy atom. The maximum atomic E-state index is 13.6. The molecule has 0 aliphatic carbocycles. The Balaban J connectivity index is 1.32. The molecule has 0 spiro atoms. The second kappa shape index (κ2) is 9.77. The number of benzene rings is 4. The highest BCUT2D eigenvalue weighted by Crippen LogP contribution is 2.49. The quantitative estimate of drug-likeness (QED) is 0.202. The van der Waals surface area contributed by atoms with Crippen LogP contribution in [0.25, 0.3) is 39.1 Å². The Labute approximate surface area is 247 Å². The van der Waals surface area contributed by atoms with Gasteiger partial charge in [-0.1, -0.05) is 105 Å². The summed E-state index contributed by atoms with van der Waals surface area (Å²) in [5, 5.41) is 5.49. The molecule has 7 heteroatoms. The number of hydrogen-bond donors (Lipinski definition) is 0. The minimum atomic E-state index is -0.519. The largest absolute Gasteiger partial charge is 0.437 e. The molecule has 4 heterocycles. The summed E-state index contributed by atoms with van der Waals surface area (Å²) in [7, 11) is 0. The zero-order valence-electron chi connectivity index (χ0n) is 23.6. The fourth-order valence-corrected chi connectivity index (χ4v) is 5.90. The van der Waals surface area contributed by atoms with Gasteiger partial charge in [0.2, 0.25) is 5.88 Å². The predicted molar refractivity (Wildman–Crippen MR) is 166 cm³/mol. The van der Waals surface area contributed by atoms with Crippen molar-refractivity contribution in [3.63, 3.8) is 0 Å². The third-order valence-electron chi connectivity index (χ3n) is 8.15. The number of rotatable bonds is 4. The Kier molecular flexibility index (Phi) is 5.72. The lowest BCUT2D eigenvalue weighted by atomic mass is 9.83. The number of para-hydroxylation sites is 1. The number of hydrogen-bond acceptors (Lipinski definition) is 6. The molecule has 1 unspecified atom stereocenters. The highest BCUT2D eigenvalue weighted by Gasteiger charge is 2.37. The van der Waals surface area contributed by atoms with Crippen LogP contribution < -0.4 is 10.4 Å². The van der Waals surface area contributed by atoms with Crippen molar-refractivity contribution in [3.8, 4) is 34.1 Å². The Bertz CT molecular complexity index is 2200. The van der Waals surface area contributed by atoms with Gasteiger partial charge in [0, 0.05) is 5.56 Å². The van der Waals surface area contributed by atoms with Crippen LogP contribution in [0, 0.1) is 0 Å². The van der Waals surface area contributed by atoms with Crippen molar-refractivity contribution in [2.75, 3.05) is 0 Å². The Hall–Kier alpha value is -5.56. The van der Waals surface area contributed by atoms with Gasteiger partial charge in [-0.2, -0.15) is 0 Å². The SMILES string of the molecule is CC(C)c1ccc(C2c3c(c4ccccc4oc3=O)Oc3ncn4nc(-c5ccc(-c6ccccc6)cc5)nc4c32)cc1. The van der Waals surface area contributed by atoms with Crippen molar-refractivity contribution in [2.45, 2.75) is 25.7 Å². The third-order valence-corrected chi connectivity index (χ3v) is 8.15. The number of fused-ring (bicyclic) bond motifs is 6. The molecule has 0 saturated heterocycles. The van der Waals surface area contributed by atoms with Crippen LogP contribution in [0.3, 0.4) is 0 Å². The molecule has 0 N–H and O–H groups in total. The van der Waals surface area contributed by atoms with E-state index < -0.39 is 11.5 Å². The van der Waals surface area contributed by atoms with Gasteiger partial charge in [-0.25, -0.2) is 19.3 Å². The van der Waals surface area contributed by atoms with Crippen LogP contribution >= 0.6 is 0 Å². The highest BCUT2D eigenvalue weighted by molar-refractivity contribution is 5.87. The number of nitrogens with zero attached hydrogens (tertiary/aromatic N) is 4. The molecule has 7 nitrogen and oxygen atoms in total. The van der Waals surface area contributed by atoms with E-state index in [-0.39, 0.29) is 0 Å². The minimum absolute atomic E-state index is 0.373. The van der Waals surface area contributed by atoms with Gasteiger partial charge in [0.1, 0.15) is 11.9 Å². The topological polar surface area (TPSA) is 82.5 Å². The summed E-state index contributed by atoms with van der Waals surface area (Å²) in [6, 6.07) is 34.2. The van der Waals surface area contributed by atoms with Crippen molar-refractivity contribution in [3.05, 3.63) is 142 Å². The van der Waals surface area contributed by atoms with Crippen LogP contribution in [-0.4, -0.2) is 19.6 Å². The lowest BCUT2D eigenvalue weighted by Crippen LogP contribution is -2.22. The summed E-state index contributed by atoms with van der Waals surface area (Å²) in [6.45, 7) is 4.32. The molecule has 0 saturated carbocycles. The molecule has 8 rings (SSSR count). The molecule has 0 bridgehead atoms. The van der Waals surface area contributed by atoms with E-state index in [1.165, 1.54) is 5.56 Å². The third kappa shape index (κ3) is 4.12. The summed E-state index contributed by atoms with van der Waals surface area (Å²) in [5.74, 6) is 1.27. The summed E-state index contributed by atoms with van der Waals surface area (Å²) < 4.78 is 13.9. The van der Waals surface area contributed by atoms with Gasteiger partial charge in [-0.15, -0.1) is 5.10 Å². The molecule has 4 aromatic carbocycles. The molecule has 43 heavy (non-hydrogen) atoms. The molecule has 0 fully saturated rings. The molecule has 0 amide bonds. The van der Waals surface area contributed by atoms with Gasteiger partial charge in [0.25, 0.3) is 0 Å². The molecule has 1 aliphatic heterocycles. The molecular weight excluding hydrogens is 536 g/mol. The van der Waals surface area contributed by atoms with Crippen molar-refractivity contribution < 1.29 is 9.15 Å². The summed E-state index contributed by atoms with van der Waals surface area (Å²) in [4.78, 5) is 23.3. The van der Waals surface area contributed by atoms with Crippen molar-refractivity contribution in [1.82, 2.24) is 19.6 Å². The molecule has 1 atom stereocenters. The van der Waals surface area contributed by atoms with Gasteiger partial charge in [0.05, 0.1) is 22.4 Å². The van der Waals surface area contributed by atoms with E-state index in [1.54, 1.807) is 16.9 Å². The van der Waals surface area contributed by atoms with Crippen LogP contribution in [0.5, 0.6) is 11.6 Å². The average molecular weight is 563 g/mol. The summed E-state index contributed by atoms with van der Waals surface area (Å²) >= 11 is 0. The van der Waals surface area contributed by atoms with Gasteiger partial charge in [0.15, 0.2) is 17.2 Å². The maximum absolute atomic E-state index is 13.6. The first-order valence-electron chi connectivity index (χ1n) is 14.3. The molecule has 0 radical (unpaired) electrons. The van der Waals surface area contributed by atoms with Crippen LogP contribution in [-0.2, 0) is 0 Å². The Morgan fingerprint density at radius 2 is 1.47 bits per heavy atom. The Morgan fingerprint density at radius 1 is 0.767 bits per heavy atom. The smallest absolute Gasteiger partial charge is 0.344 e. The summed E-state index contributed by atoms with van der Waals surface area (Å²) in [5.41, 5.74) is 6.95. The van der Waals surface area contributed by atoms with E-state index in [0.717, 1.165) is 22.3 Å². The van der Waals surface area contributed by atoms with Crippen LogP contribution in [0.15, 0.2) is 119 Å². The maximum Gasteiger partial charge on any atom is 0.344 e. The van der Waals surface area contributed by atoms with E-state index in [4.69, 9.17) is 19.2 Å². The minimum Gasteiger partial charge on any atom is -0.437 e. The zero-order valence-corrected chi connectivity index (χ0v) is 23.6. The fourth-order valence-electron chi connectivity index (χ4n) is 5.90. The monoisotopic (exact) mass is 562 g/mol. The first kappa shape index (κ1) is 25.2. The molecule has 208 valence electrons. The lowest BCUT2D eigenvalue weighted by Gasteiger charge is -2.27. The van der Waals surface area contributed by atoms with Crippen molar-refractivity contribution in [1.29, 1.82) is 0 Å². The van der Waals surface area contributed by atoms with E-state index >= 15 is 0 Å². The van der Waals surface area contributed by atoms with Gasteiger partial charge in [-0.3, -0.25) is 0 Å². The lowest BCUT2D eigenvalue weighted by molar-refractivity contribution is 0.422. The second-order valence-corrected chi connectivity index (χ2v) is 11.1. The highest BCUT2D eigenvalue weighted by atomic mass is 16.5. The number of ether oxygens (including phenoxy) is 1. The molecule has 3 aromatic heterocycles. The first-order chi connectivity index (χ1) is 21.0.